The number of hydrogen-bond donors (Lipinski definition) is 2. The lowest BCUT2D eigenvalue weighted by atomic mass is 10.1. The summed E-state index contributed by atoms with van der Waals surface area (Å²) in [5, 5.41) is 7.39. The van der Waals surface area contributed by atoms with Crippen LogP contribution in [0.3, 0.4) is 0 Å². The van der Waals surface area contributed by atoms with Gasteiger partial charge in [-0.05, 0) is 30.9 Å². The molecule has 1 aromatic heterocycles. The second-order valence-corrected chi connectivity index (χ2v) is 5.80. The highest BCUT2D eigenvalue weighted by molar-refractivity contribution is 5.93. The SMILES string of the molecule is CC(C)CN(c1ccc(C(=N)N)nc1)C1CCCC1. The molecule has 19 heavy (non-hydrogen) atoms. The van der Waals surface area contributed by atoms with E-state index in [1.807, 2.05) is 18.3 Å². The van der Waals surface area contributed by atoms with Gasteiger partial charge in [-0.15, -0.1) is 0 Å². The Kier molecular flexibility index (Phi) is 4.40. The molecule has 1 fully saturated rings. The summed E-state index contributed by atoms with van der Waals surface area (Å²) in [6, 6.07) is 4.54. The second-order valence-electron chi connectivity index (χ2n) is 5.80. The third kappa shape index (κ3) is 3.46. The Morgan fingerprint density at radius 3 is 2.58 bits per heavy atom. The number of rotatable bonds is 5. The van der Waals surface area contributed by atoms with E-state index in [0.717, 1.165) is 12.2 Å². The number of pyridine rings is 1. The van der Waals surface area contributed by atoms with Crippen molar-refractivity contribution in [2.24, 2.45) is 11.7 Å². The van der Waals surface area contributed by atoms with Crippen LogP contribution in [0.2, 0.25) is 0 Å². The Balaban J connectivity index is 2.18. The molecule has 3 N–H and O–H groups in total. The van der Waals surface area contributed by atoms with Crippen LogP contribution in [-0.4, -0.2) is 23.4 Å². The van der Waals surface area contributed by atoms with Crippen LogP contribution in [0.1, 0.15) is 45.2 Å². The molecule has 0 atom stereocenters. The van der Waals surface area contributed by atoms with E-state index in [4.69, 9.17) is 11.1 Å². The molecule has 1 aromatic rings. The van der Waals surface area contributed by atoms with Crippen LogP contribution in [0.15, 0.2) is 18.3 Å². The Hall–Kier alpha value is -1.58. The molecule has 1 aliphatic rings. The average molecular weight is 260 g/mol. The second kappa shape index (κ2) is 6.04. The number of nitrogens with two attached hydrogens (primary N) is 1. The molecule has 4 nitrogen and oxygen atoms in total. The molecule has 1 heterocycles. The van der Waals surface area contributed by atoms with Gasteiger partial charge in [0.05, 0.1) is 11.9 Å². The van der Waals surface area contributed by atoms with Crippen LogP contribution in [-0.2, 0) is 0 Å². The third-order valence-corrected chi connectivity index (χ3v) is 3.68. The number of nitrogens with zero attached hydrogens (tertiary/aromatic N) is 2. The predicted molar refractivity (Wildman–Crippen MR) is 79.7 cm³/mol. The highest BCUT2D eigenvalue weighted by Crippen LogP contribution is 2.28. The van der Waals surface area contributed by atoms with Gasteiger partial charge >= 0.3 is 0 Å². The lowest BCUT2D eigenvalue weighted by Gasteiger charge is -2.32. The molecule has 4 heteroatoms. The molecule has 104 valence electrons. The fourth-order valence-electron chi connectivity index (χ4n) is 2.79. The van der Waals surface area contributed by atoms with Gasteiger partial charge in [-0.1, -0.05) is 26.7 Å². The first-order valence-electron chi connectivity index (χ1n) is 7.15. The number of amidine groups is 1. The van der Waals surface area contributed by atoms with Gasteiger partial charge in [0.15, 0.2) is 0 Å². The van der Waals surface area contributed by atoms with Crippen LogP contribution >= 0.6 is 0 Å². The van der Waals surface area contributed by atoms with Crippen LogP contribution in [0.4, 0.5) is 5.69 Å². The van der Waals surface area contributed by atoms with Gasteiger partial charge in [-0.2, -0.15) is 0 Å². The maximum absolute atomic E-state index is 7.39. The molecule has 1 aliphatic carbocycles. The number of nitrogen functional groups attached to an aromatic ring is 1. The standard InChI is InChI=1S/C15H24N4/c1-11(2)10-19(12-5-3-4-6-12)13-7-8-14(15(16)17)18-9-13/h7-9,11-12H,3-6,10H2,1-2H3,(H3,16,17). The molecule has 0 radical (unpaired) electrons. The van der Waals surface area contributed by atoms with E-state index in [0.29, 0.717) is 17.7 Å². The summed E-state index contributed by atoms with van der Waals surface area (Å²) in [7, 11) is 0. The molecule has 0 aromatic carbocycles. The van der Waals surface area contributed by atoms with Crippen molar-refractivity contribution in [3.8, 4) is 0 Å². The summed E-state index contributed by atoms with van der Waals surface area (Å²) < 4.78 is 0. The lowest BCUT2D eigenvalue weighted by molar-refractivity contribution is 0.535. The normalized spacial score (nSPS) is 15.9. The van der Waals surface area contributed by atoms with Gasteiger partial charge < -0.3 is 10.6 Å². The van der Waals surface area contributed by atoms with Crippen LogP contribution in [0.5, 0.6) is 0 Å². The fraction of sp³-hybridized carbons (Fsp3) is 0.600. The number of hydrogen-bond acceptors (Lipinski definition) is 3. The van der Waals surface area contributed by atoms with Crippen LogP contribution in [0, 0.1) is 11.3 Å². The maximum Gasteiger partial charge on any atom is 0.141 e. The molecular formula is C15H24N4. The monoisotopic (exact) mass is 260 g/mol. The minimum absolute atomic E-state index is 0.0304. The number of aromatic nitrogens is 1. The first kappa shape index (κ1) is 13.8. The molecule has 1 saturated carbocycles. The molecule has 0 unspecified atom stereocenters. The summed E-state index contributed by atoms with van der Waals surface area (Å²) in [6.45, 7) is 5.56. The van der Waals surface area contributed by atoms with E-state index in [1.165, 1.54) is 25.7 Å². The summed E-state index contributed by atoms with van der Waals surface area (Å²) in [5.41, 5.74) is 7.16. The van der Waals surface area contributed by atoms with Crippen molar-refractivity contribution >= 4 is 11.5 Å². The van der Waals surface area contributed by atoms with E-state index < -0.39 is 0 Å². The van der Waals surface area contributed by atoms with Crippen molar-refractivity contribution < 1.29 is 0 Å². The summed E-state index contributed by atoms with van der Waals surface area (Å²) in [4.78, 5) is 6.77. The Bertz CT molecular complexity index is 418. The Labute approximate surface area is 115 Å². The first-order chi connectivity index (χ1) is 9.08. The maximum atomic E-state index is 7.39. The Morgan fingerprint density at radius 2 is 2.11 bits per heavy atom. The van der Waals surface area contributed by atoms with Crippen LogP contribution < -0.4 is 10.6 Å². The smallest absolute Gasteiger partial charge is 0.141 e. The molecular weight excluding hydrogens is 236 g/mol. The van der Waals surface area contributed by atoms with Gasteiger partial charge in [0.25, 0.3) is 0 Å². The van der Waals surface area contributed by atoms with Crippen molar-refractivity contribution in [2.45, 2.75) is 45.6 Å². The highest BCUT2D eigenvalue weighted by Gasteiger charge is 2.23. The minimum Gasteiger partial charge on any atom is -0.382 e. The number of nitrogens with one attached hydrogen (secondary N) is 1. The molecule has 2 rings (SSSR count). The zero-order chi connectivity index (χ0) is 13.8. The summed E-state index contributed by atoms with van der Waals surface area (Å²) in [6.07, 6.45) is 7.08. The van der Waals surface area contributed by atoms with Gasteiger partial charge in [-0.25, -0.2) is 0 Å². The Morgan fingerprint density at radius 1 is 1.42 bits per heavy atom. The summed E-state index contributed by atoms with van der Waals surface area (Å²) in [5.74, 6) is 0.663. The zero-order valence-corrected chi connectivity index (χ0v) is 11.9. The quantitative estimate of drug-likeness (QED) is 0.632. The largest absolute Gasteiger partial charge is 0.382 e. The molecule has 0 saturated heterocycles. The highest BCUT2D eigenvalue weighted by atomic mass is 15.2. The van der Waals surface area contributed by atoms with Crippen molar-refractivity contribution in [3.05, 3.63) is 24.0 Å². The van der Waals surface area contributed by atoms with Gasteiger partial charge in [0, 0.05) is 12.6 Å². The lowest BCUT2D eigenvalue weighted by Crippen LogP contribution is -2.36. The molecule has 0 aliphatic heterocycles. The van der Waals surface area contributed by atoms with E-state index in [-0.39, 0.29) is 5.84 Å². The van der Waals surface area contributed by atoms with Crippen molar-refractivity contribution in [2.75, 3.05) is 11.4 Å². The van der Waals surface area contributed by atoms with Gasteiger partial charge in [0.2, 0.25) is 0 Å². The topological polar surface area (TPSA) is 66.0 Å². The van der Waals surface area contributed by atoms with Crippen molar-refractivity contribution in [3.63, 3.8) is 0 Å². The molecule has 0 spiro atoms. The van der Waals surface area contributed by atoms with E-state index in [2.05, 4.69) is 23.7 Å². The molecule has 0 amide bonds. The fourth-order valence-corrected chi connectivity index (χ4v) is 2.79. The minimum atomic E-state index is 0.0304. The first-order valence-corrected chi connectivity index (χ1v) is 7.15. The molecule has 0 bridgehead atoms. The zero-order valence-electron chi connectivity index (χ0n) is 11.9. The van der Waals surface area contributed by atoms with Gasteiger partial charge in [0.1, 0.15) is 11.5 Å². The summed E-state index contributed by atoms with van der Waals surface area (Å²) >= 11 is 0. The van der Waals surface area contributed by atoms with E-state index >= 15 is 0 Å². The number of anilines is 1. The van der Waals surface area contributed by atoms with Crippen molar-refractivity contribution in [1.29, 1.82) is 5.41 Å². The predicted octanol–water partition coefficient (Wildman–Crippen LogP) is 2.77. The van der Waals surface area contributed by atoms with E-state index in [9.17, 15) is 0 Å². The van der Waals surface area contributed by atoms with Gasteiger partial charge in [-0.3, -0.25) is 10.4 Å². The van der Waals surface area contributed by atoms with Crippen LogP contribution in [0.25, 0.3) is 0 Å². The van der Waals surface area contributed by atoms with E-state index in [1.54, 1.807) is 0 Å². The third-order valence-electron chi connectivity index (χ3n) is 3.68. The average Bonchev–Trinajstić information content (AvgIpc) is 2.89. The van der Waals surface area contributed by atoms with Crippen molar-refractivity contribution in [1.82, 2.24) is 4.98 Å².